The third kappa shape index (κ3) is 5.72. The molecule has 0 saturated carbocycles. The molecule has 0 radical (unpaired) electrons. The van der Waals surface area contributed by atoms with Gasteiger partial charge in [0, 0.05) is 11.3 Å². The first-order valence-electron chi connectivity index (χ1n) is 8.39. The highest BCUT2D eigenvalue weighted by molar-refractivity contribution is 5.96. The number of ether oxygens (including phenoxy) is 1. The predicted molar refractivity (Wildman–Crippen MR) is 98.2 cm³/mol. The minimum Gasteiger partial charge on any atom is -0.488 e. The van der Waals surface area contributed by atoms with E-state index in [1.807, 2.05) is 44.3 Å². The Bertz CT molecular complexity index is 699. The zero-order valence-electron chi connectivity index (χ0n) is 14.9. The highest BCUT2D eigenvalue weighted by Crippen LogP contribution is 2.10. The fourth-order valence-electron chi connectivity index (χ4n) is 2.33. The molecular formula is C20H25N2O3+. The summed E-state index contributed by atoms with van der Waals surface area (Å²) in [5, 5.41) is 2.88. The van der Waals surface area contributed by atoms with Crippen LogP contribution in [0.3, 0.4) is 0 Å². The molecule has 2 aromatic rings. The number of rotatable bonds is 8. The molecule has 0 aliphatic rings. The average Bonchev–Trinajstić information content (AvgIpc) is 2.62. The molecule has 2 rings (SSSR count). The Morgan fingerprint density at radius 2 is 1.72 bits per heavy atom. The summed E-state index contributed by atoms with van der Waals surface area (Å²) in [5.41, 5.74) is 1.32. The monoisotopic (exact) mass is 341 g/mol. The van der Waals surface area contributed by atoms with Gasteiger partial charge >= 0.3 is 0 Å². The van der Waals surface area contributed by atoms with Crippen LogP contribution in [0.25, 0.3) is 0 Å². The molecule has 0 spiro atoms. The van der Waals surface area contributed by atoms with Crippen molar-refractivity contribution in [2.75, 3.05) is 25.5 Å². The summed E-state index contributed by atoms with van der Waals surface area (Å²) in [7, 11) is 1.97. The third-order valence-electron chi connectivity index (χ3n) is 4.20. The van der Waals surface area contributed by atoms with Crippen molar-refractivity contribution in [2.24, 2.45) is 0 Å². The first kappa shape index (κ1) is 18.7. The van der Waals surface area contributed by atoms with Crippen LogP contribution in [0.1, 0.15) is 24.2 Å². The molecule has 0 heterocycles. The summed E-state index contributed by atoms with van der Waals surface area (Å²) in [4.78, 5) is 24.7. The molecule has 0 saturated heterocycles. The second-order valence-corrected chi connectivity index (χ2v) is 6.10. The maximum absolute atomic E-state index is 12.4. The van der Waals surface area contributed by atoms with E-state index in [2.05, 4.69) is 5.32 Å². The highest BCUT2D eigenvalue weighted by Gasteiger charge is 2.21. The van der Waals surface area contributed by atoms with E-state index in [1.165, 1.54) is 6.92 Å². The van der Waals surface area contributed by atoms with Crippen molar-refractivity contribution in [1.29, 1.82) is 0 Å². The van der Waals surface area contributed by atoms with Gasteiger partial charge in [-0.1, -0.05) is 18.2 Å². The Balaban J connectivity index is 1.80. The van der Waals surface area contributed by atoms with E-state index in [0.717, 1.165) is 10.6 Å². The van der Waals surface area contributed by atoms with Crippen molar-refractivity contribution >= 4 is 17.4 Å². The first-order chi connectivity index (χ1) is 12.0. The molecule has 1 amide bonds. The van der Waals surface area contributed by atoms with Crippen LogP contribution in [0.4, 0.5) is 5.69 Å². The van der Waals surface area contributed by atoms with Crippen molar-refractivity contribution in [2.45, 2.75) is 19.9 Å². The number of benzene rings is 2. The summed E-state index contributed by atoms with van der Waals surface area (Å²) in [6.07, 6.45) is 0. The Hall–Kier alpha value is -2.66. The number of para-hydroxylation sites is 1. The van der Waals surface area contributed by atoms with Crippen molar-refractivity contribution in [3.05, 3.63) is 60.2 Å². The van der Waals surface area contributed by atoms with Crippen LogP contribution in [-0.2, 0) is 4.79 Å². The lowest BCUT2D eigenvalue weighted by atomic mass is 10.1. The van der Waals surface area contributed by atoms with Crippen molar-refractivity contribution in [1.82, 2.24) is 0 Å². The number of Topliss-reactive ketones (excluding diaryl/α,β-unsaturated/α-hetero) is 1. The normalized spacial score (nSPS) is 12.9. The molecule has 25 heavy (non-hydrogen) atoms. The molecule has 1 unspecified atom stereocenters. The van der Waals surface area contributed by atoms with Gasteiger partial charge in [-0.2, -0.15) is 0 Å². The summed E-state index contributed by atoms with van der Waals surface area (Å²) < 4.78 is 5.68. The molecule has 2 atom stereocenters. The molecule has 2 aromatic carbocycles. The highest BCUT2D eigenvalue weighted by atomic mass is 16.5. The number of carbonyl (C=O) groups excluding carboxylic acids is 2. The van der Waals surface area contributed by atoms with Gasteiger partial charge in [-0.05, 0) is 50.2 Å². The Kier molecular flexibility index (Phi) is 6.71. The van der Waals surface area contributed by atoms with Crippen LogP contribution in [0.5, 0.6) is 5.75 Å². The van der Waals surface area contributed by atoms with Gasteiger partial charge in [-0.3, -0.25) is 9.59 Å². The molecule has 5 nitrogen and oxygen atoms in total. The summed E-state index contributed by atoms with van der Waals surface area (Å²) >= 11 is 0. The maximum atomic E-state index is 12.4. The minimum atomic E-state index is -0.216. The van der Waals surface area contributed by atoms with E-state index in [9.17, 15) is 9.59 Å². The largest absolute Gasteiger partial charge is 0.488 e. The molecular weight excluding hydrogens is 316 g/mol. The summed E-state index contributed by atoms with van der Waals surface area (Å²) in [6, 6.07) is 16.3. The van der Waals surface area contributed by atoms with Gasteiger partial charge in [-0.25, -0.2) is 0 Å². The summed E-state index contributed by atoms with van der Waals surface area (Å²) in [6.45, 7) is 4.66. The van der Waals surface area contributed by atoms with Crippen LogP contribution in [0.15, 0.2) is 54.6 Å². The number of carbonyl (C=O) groups is 2. The number of nitrogens with one attached hydrogen (secondary N) is 2. The SMILES string of the molecule is CC(=O)c1ccc(NC(=O)[C@@H](C)[NH+](C)CCOc2ccccc2)cc1. The summed E-state index contributed by atoms with van der Waals surface area (Å²) in [5.74, 6) is 0.777. The average molecular weight is 341 g/mol. The van der Waals surface area contributed by atoms with Crippen LogP contribution in [0.2, 0.25) is 0 Å². The molecule has 0 aliphatic heterocycles. The molecule has 0 fully saturated rings. The van der Waals surface area contributed by atoms with Gasteiger partial charge in [0.2, 0.25) is 0 Å². The maximum Gasteiger partial charge on any atom is 0.282 e. The van der Waals surface area contributed by atoms with Crippen molar-refractivity contribution < 1.29 is 19.2 Å². The van der Waals surface area contributed by atoms with E-state index in [-0.39, 0.29) is 17.7 Å². The van der Waals surface area contributed by atoms with Crippen molar-refractivity contribution in [3.8, 4) is 5.75 Å². The number of anilines is 1. The van der Waals surface area contributed by atoms with E-state index < -0.39 is 0 Å². The van der Waals surface area contributed by atoms with Gasteiger partial charge in [0.1, 0.15) is 18.9 Å². The smallest absolute Gasteiger partial charge is 0.282 e. The lowest BCUT2D eigenvalue weighted by Crippen LogP contribution is -3.14. The molecule has 0 aromatic heterocycles. The molecule has 0 aliphatic carbocycles. The topological polar surface area (TPSA) is 59.8 Å². The van der Waals surface area contributed by atoms with Crippen LogP contribution >= 0.6 is 0 Å². The van der Waals surface area contributed by atoms with Crippen LogP contribution < -0.4 is 15.0 Å². The van der Waals surface area contributed by atoms with Gasteiger partial charge in [0.25, 0.3) is 5.91 Å². The van der Waals surface area contributed by atoms with E-state index in [4.69, 9.17) is 4.74 Å². The fourth-order valence-corrected chi connectivity index (χ4v) is 2.33. The van der Waals surface area contributed by atoms with E-state index in [0.29, 0.717) is 24.4 Å². The molecule has 0 bridgehead atoms. The van der Waals surface area contributed by atoms with Gasteiger partial charge in [-0.15, -0.1) is 0 Å². The first-order valence-corrected chi connectivity index (χ1v) is 8.39. The molecule has 2 N–H and O–H groups in total. The zero-order valence-corrected chi connectivity index (χ0v) is 14.9. The van der Waals surface area contributed by atoms with Crippen LogP contribution in [0, 0.1) is 0 Å². The Morgan fingerprint density at radius 1 is 1.08 bits per heavy atom. The predicted octanol–water partition coefficient (Wildman–Crippen LogP) is 1.81. The second-order valence-electron chi connectivity index (χ2n) is 6.10. The van der Waals surface area contributed by atoms with Gasteiger partial charge in [0.05, 0.1) is 7.05 Å². The molecule has 132 valence electrons. The van der Waals surface area contributed by atoms with Gasteiger partial charge in [0.15, 0.2) is 11.8 Å². The third-order valence-corrected chi connectivity index (χ3v) is 4.20. The number of hydrogen-bond donors (Lipinski definition) is 2. The quantitative estimate of drug-likeness (QED) is 0.720. The van der Waals surface area contributed by atoms with E-state index in [1.54, 1.807) is 24.3 Å². The zero-order chi connectivity index (χ0) is 18.2. The lowest BCUT2D eigenvalue weighted by Gasteiger charge is -2.21. The van der Waals surface area contributed by atoms with Crippen molar-refractivity contribution in [3.63, 3.8) is 0 Å². The fraction of sp³-hybridized carbons (Fsp3) is 0.300. The number of quaternary nitrogens is 1. The second kappa shape index (κ2) is 8.99. The number of ketones is 1. The minimum absolute atomic E-state index is 0.00818. The Morgan fingerprint density at radius 3 is 2.32 bits per heavy atom. The van der Waals surface area contributed by atoms with Gasteiger partial charge < -0.3 is 15.0 Å². The molecule has 5 heteroatoms. The number of amides is 1. The standard InChI is InChI=1S/C20H24N2O3/c1-15(22(3)13-14-25-19-7-5-4-6-8-19)20(24)21-18-11-9-17(10-12-18)16(2)23/h4-12,15H,13-14H2,1-3H3,(H,21,24)/p+1/t15-/m1/s1. The van der Waals surface area contributed by atoms with E-state index >= 15 is 0 Å². The lowest BCUT2D eigenvalue weighted by molar-refractivity contribution is -0.894. The Labute approximate surface area is 148 Å². The van der Waals surface area contributed by atoms with Crippen LogP contribution in [-0.4, -0.2) is 37.9 Å². The number of hydrogen-bond acceptors (Lipinski definition) is 3. The number of likely N-dealkylation sites (N-methyl/N-ethyl adjacent to an activating group) is 1.